The van der Waals surface area contributed by atoms with E-state index in [0.717, 1.165) is 0 Å². The van der Waals surface area contributed by atoms with Gasteiger partial charge in [-0.2, -0.15) is 5.10 Å². The first-order valence-corrected chi connectivity index (χ1v) is 7.10. The van der Waals surface area contributed by atoms with Gasteiger partial charge in [-0.1, -0.05) is 23.2 Å². The fourth-order valence-corrected chi connectivity index (χ4v) is 2.70. The van der Waals surface area contributed by atoms with Crippen molar-refractivity contribution >= 4 is 39.0 Å². The molecule has 0 saturated heterocycles. The van der Waals surface area contributed by atoms with Gasteiger partial charge in [-0.15, -0.1) is 0 Å². The van der Waals surface area contributed by atoms with Gasteiger partial charge in [0.05, 0.1) is 14.9 Å². The molecule has 0 spiro atoms. The van der Waals surface area contributed by atoms with Crippen molar-refractivity contribution in [2.45, 2.75) is 4.90 Å². The van der Waals surface area contributed by atoms with E-state index in [2.05, 4.69) is 9.82 Å². The molecule has 0 amide bonds. The van der Waals surface area contributed by atoms with Crippen LogP contribution < -0.4 is 4.72 Å². The number of anilines is 1. The fourth-order valence-electron chi connectivity index (χ4n) is 1.31. The predicted octanol–water partition coefficient (Wildman–Crippen LogP) is 2.53. The molecule has 1 N–H and O–H groups in total. The molecule has 0 saturated carbocycles. The summed E-state index contributed by atoms with van der Waals surface area (Å²) in [5.74, 6) is 0.239. The molecule has 1 heterocycles. The summed E-state index contributed by atoms with van der Waals surface area (Å²) in [6, 6.07) is 5.64. The van der Waals surface area contributed by atoms with E-state index in [0.29, 0.717) is 5.02 Å². The maximum atomic E-state index is 12.0. The molecule has 96 valence electrons. The van der Waals surface area contributed by atoms with Gasteiger partial charge in [0.1, 0.15) is 0 Å². The summed E-state index contributed by atoms with van der Waals surface area (Å²) in [6.45, 7) is 0. The Morgan fingerprint density at radius 3 is 2.50 bits per heavy atom. The Hall–Kier alpha value is -1.24. The number of hydrogen-bond donors (Lipinski definition) is 1. The van der Waals surface area contributed by atoms with E-state index in [4.69, 9.17) is 23.2 Å². The quantitative estimate of drug-likeness (QED) is 0.947. The number of benzene rings is 1. The summed E-state index contributed by atoms with van der Waals surface area (Å²) in [4.78, 5) is 0.0301. The monoisotopic (exact) mass is 305 g/mol. The normalized spacial score (nSPS) is 11.5. The number of halogens is 2. The van der Waals surface area contributed by atoms with Crippen molar-refractivity contribution in [1.29, 1.82) is 0 Å². The average molecular weight is 306 g/mol. The zero-order valence-electron chi connectivity index (χ0n) is 9.26. The smallest absolute Gasteiger partial charge is 0.263 e. The van der Waals surface area contributed by atoms with Gasteiger partial charge in [0.2, 0.25) is 0 Å². The van der Waals surface area contributed by atoms with Crippen LogP contribution in [-0.2, 0) is 17.1 Å². The highest BCUT2D eigenvalue weighted by Gasteiger charge is 2.16. The number of nitrogens with zero attached hydrogens (tertiary/aromatic N) is 2. The first-order valence-electron chi connectivity index (χ1n) is 4.86. The topological polar surface area (TPSA) is 64.0 Å². The lowest BCUT2D eigenvalue weighted by Crippen LogP contribution is -2.13. The van der Waals surface area contributed by atoms with Crippen LogP contribution in [0.2, 0.25) is 10.0 Å². The average Bonchev–Trinajstić information content (AvgIpc) is 2.67. The number of aromatic nitrogens is 2. The lowest BCUT2D eigenvalue weighted by Gasteiger charge is -2.06. The van der Waals surface area contributed by atoms with Gasteiger partial charge in [0.15, 0.2) is 5.82 Å². The third kappa shape index (κ3) is 2.77. The first-order chi connectivity index (χ1) is 8.38. The van der Waals surface area contributed by atoms with E-state index >= 15 is 0 Å². The van der Waals surface area contributed by atoms with Crippen LogP contribution in [0.5, 0.6) is 0 Å². The van der Waals surface area contributed by atoms with Gasteiger partial charge in [0.25, 0.3) is 10.0 Å². The highest BCUT2D eigenvalue weighted by Crippen LogP contribution is 2.25. The van der Waals surface area contributed by atoms with Crippen molar-refractivity contribution in [3.63, 3.8) is 0 Å². The Morgan fingerprint density at radius 1 is 1.22 bits per heavy atom. The molecule has 0 unspecified atom stereocenters. The molecule has 1 aromatic carbocycles. The van der Waals surface area contributed by atoms with E-state index in [1.807, 2.05) is 0 Å². The van der Waals surface area contributed by atoms with E-state index in [-0.39, 0.29) is 15.7 Å². The van der Waals surface area contributed by atoms with Gasteiger partial charge in [-0.25, -0.2) is 8.42 Å². The molecule has 5 nitrogen and oxygen atoms in total. The highest BCUT2D eigenvalue weighted by atomic mass is 35.5. The van der Waals surface area contributed by atoms with Crippen LogP contribution in [0.15, 0.2) is 35.4 Å². The Bertz CT molecular complexity index is 682. The van der Waals surface area contributed by atoms with E-state index in [1.54, 1.807) is 19.3 Å². The Kier molecular flexibility index (Phi) is 3.52. The van der Waals surface area contributed by atoms with Crippen molar-refractivity contribution in [1.82, 2.24) is 9.78 Å². The molecular weight excluding hydrogens is 297 g/mol. The van der Waals surface area contributed by atoms with Gasteiger partial charge in [-0.05, 0) is 18.2 Å². The van der Waals surface area contributed by atoms with Crippen molar-refractivity contribution < 1.29 is 8.42 Å². The molecule has 1 aromatic heterocycles. The Labute approximate surface area is 114 Å². The fraction of sp³-hybridized carbons (Fsp3) is 0.100. The van der Waals surface area contributed by atoms with Crippen LogP contribution in [0.4, 0.5) is 5.82 Å². The van der Waals surface area contributed by atoms with Gasteiger partial charge in [0, 0.05) is 19.3 Å². The first kappa shape index (κ1) is 13.2. The van der Waals surface area contributed by atoms with E-state index < -0.39 is 10.0 Å². The number of aryl methyl sites for hydroxylation is 1. The zero-order valence-corrected chi connectivity index (χ0v) is 11.6. The number of rotatable bonds is 3. The SMILES string of the molecule is Cn1ccc(NS(=O)(=O)c2ccc(Cl)c(Cl)c2)n1. The molecule has 18 heavy (non-hydrogen) atoms. The third-order valence-corrected chi connectivity index (χ3v) is 4.25. The standard InChI is InChI=1S/C10H9Cl2N3O2S/c1-15-5-4-10(13-15)14-18(16,17)7-2-3-8(11)9(12)6-7/h2-6H,1H3,(H,13,14). The molecule has 0 bridgehead atoms. The van der Waals surface area contributed by atoms with Crippen LogP contribution in [0, 0.1) is 0 Å². The predicted molar refractivity (Wildman–Crippen MR) is 70.5 cm³/mol. The summed E-state index contributed by atoms with van der Waals surface area (Å²) in [6.07, 6.45) is 1.63. The number of sulfonamides is 1. The van der Waals surface area contributed by atoms with Crippen LogP contribution in [-0.4, -0.2) is 18.2 Å². The van der Waals surface area contributed by atoms with Crippen molar-refractivity contribution in [3.8, 4) is 0 Å². The summed E-state index contributed by atoms with van der Waals surface area (Å²) in [7, 11) is -2.02. The van der Waals surface area contributed by atoms with Crippen molar-refractivity contribution in [3.05, 3.63) is 40.5 Å². The van der Waals surface area contributed by atoms with Crippen LogP contribution in [0.25, 0.3) is 0 Å². The molecule has 0 aliphatic heterocycles. The molecule has 0 aliphatic rings. The largest absolute Gasteiger partial charge is 0.274 e. The van der Waals surface area contributed by atoms with Crippen LogP contribution in [0.3, 0.4) is 0 Å². The molecule has 0 atom stereocenters. The third-order valence-electron chi connectivity index (χ3n) is 2.15. The second-order valence-corrected chi connectivity index (χ2v) is 6.05. The lowest BCUT2D eigenvalue weighted by atomic mass is 10.4. The maximum Gasteiger partial charge on any atom is 0.263 e. The Morgan fingerprint density at radius 2 is 1.94 bits per heavy atom. The molecule has 0 aliphatic carbocycles. The van der Waals surface area contributed by atoms with E-state index in [1.165, 1.54) is 22.9 Å². The number of nitrogens with one attached hydrogen (secondary N) is 1. The molecule has 8 heteroatoms. The minimum Gasteiger partial charge on any atom is -0.274 e. The summed E-state index contributed by atoms with van der Waals surface area (Å²) in [5, 5.41) is 4.41. The highest BCUT2D eigenvalue weighted by molar-refractivity contribution is 7.92. The van der Waals surface area contributed by atoms with E-state index in [9.17, 15) is 8.42 Å². The number of hydrogen-bond acceptors (Lipinski definition) is 3. The molecule has 0 radical (unpaired) electrons. The lowest BCUT2D eigenvalue weighted by molar-refractivity contribution is 0.601. The van der Waals surface area contributed by atoms with Crippen LogP contribution in [0.1, 0.15) is 0 Å². The second-order valence-electron chi connectivity index (χ2n) is 3.56. The maximum absolute atomic E-state index is 12.0. The van der Waals surface area contributed by atoms with Crippen molar-refractivity contribution in [2.75, 3.05) is 4.72 Å². The van der Waals surface area contributed by atoms with Gasteiger partial charge < -0.3 is 0 Å². The second kappa shape index (κ2) is 4.79. The summed E-state index contributed by atoms with van der Waals surface area (Å²) >= 11 is 11.5. The van der Waals surface area contributed by atoms with Crippen LogP contribution >= 0.6 is 23.2 Å². The van der Waals surface area contributed by atoms with Gasteiger partial charge >= 0.3 is 0 Å². The molecule has 2 rings (SSSR count). The molecule has 2 aromatic rings. The summed E-state index contributed by atoms with van der Waals surface area (Å²) < 4.78 is 27.9. The minimum atomic E-state index is -3.71. The molecule has 0 fully saturated rings. The van der Waals surface area contributed by atoms with Gasteiger partial charge in [-0.3, -0.25) is 9.40 Å². The zero-order chi connectivity index (χ0) is 13.3. The Balaban J connectivity index is 2.33. The van der Waals surface area contributed by atoms with Crippen molar-refractivity contribution in [2.24, 2.45) is 7.05 Å². The minimum absolute atomic E-state index is 0.0301. The molecular formula is C10H9Cl2N3O2S. The summed E-state index contributed by atoms with van der Waals surface area (Å²) in [5.41, 5.74) is 0.